The van der Waals surface area contributed by atoms with Crippen LogP contribution in [-0.2, 0) is 14.4 Å². The molecule has 13 heteroatoms. The zero-order valence-electron chi connectivity index (χ0n) is 21.9. The first-order chi connectivity index (χ1) is 19.0. The number of halogens is 1. The number of benzene rings is 2. The molecule has 3 N–H and O–H groups in total. The number of hydrogen-bond donors (Lipinski definition) is 3. The maximum Gasteiger partial charge on any atom is 0.335 e. The van der Waals surface area contributed by atoms with Crippen LogP contribution in [0.25, 0.3) is 11.8 Å². The number of rotatable bonds is 9. The van der Waals surface area contributed by atoms with Crippen molar-refractivity contribution in [3.63, 3.8) is 0 Å². The summed E-state index contributed by atoms with van der Waals surface area (Å²) in [4.78, 5) is 51.2. The monoisotopic (exact) mass is 565 g/mol. The highest BCUT2D eigenvalue weighted by atomic mass is 35.5. The molecule has 1 fully saturated rings. The molecular formula is C27H28ClN7O5. The Hall–Kier alpha value is -4.58. The Balaban J connectivity index is 1.53. The lowest BCUT2D eigenvalue weighted by Crippen LogP contribution is -2.46. The number of anilines is 1. The summed E-state index contributed by atoms with van der Waals surface area (Å²) in [6.07, 6.45) is 5.21. The van der Waals surface area contributed by atoms with E-state index in [4.69, 9.17) is 16.7 Å². The van der Waals surface area contributed by atoms with E-state index in [1.165, 1.54) is 48.3 Å². The van der Waals surface area contributed by atoms with Gasteiger partial charge in [0, 0.05) is 42.4 Å². The van der Waals surface area contributed by atoms with E-state index < -0.39 is 29.2 Å². The molecule has 1 saturated heterocycles. The number of likely N-dealkylation sites (tertiary alicyclic amines) is 1. The molecule has 1 aromatic heterocycles. The Labute approximate surface area is 235 Å². The molecule has 208 valence electrons. The summed E-state index contributed by atoms with van der Waals surface area (Å²) >= 11 is 6.16. The molecule has 3 amide bonds. The van der Waals surface area contributed by atoms with E-state index in [1.807, 2.05) is 6.92 Å². The van der Waals surface area contributed by atoms with Crippen molar-refractivity contribution in [2.24, 2.45) is 5.41 Å². The van der Waals surface area contributed by atoms with Gasteiger partial charge in [0.05, 0.1) is 11.3 Å². The van der Waals surface area contributed by atoms with Gasteiger partial charge in [-0.1, -0.05) is 18.5 Å². The van der Waals surface area contributed by atoms with Gasteiger partial charge >= 0.3 is 5.97 Å². The summed E-state index contributed by atoms with van der Waals surface area (Å²) in [5.41, 5.74) is 1.24. The highest BCUT2D eigenvalue weighted by Gasteiger charge is 2.39. The highest BCUT2D eigenvalue weighted by Crippen LogP contribution is 2.35. The summed E-state index contributed by atoms with van der Waals surface area (Å²) in [7, 11) is 0. The molecular weight excluding hydrogens is 538 g/mol. The minimum Gasteiger partial charge on any atom is -0.478 e. The van der Waals surface area contributed by atoms with Gasteiger partial charge in [0.25, 0.3) is 0 Å². The molecule has 0 radical (unpaired) electrons. The minimum atomic E-state index is -1.08. The van der Waals surface area contributed by atoms with E-state index in [0.29, 0.717) is 41.5 Å². The third-order valence-corrected chi connectivity index (χ3v) is 6.97. The Morgan fingerprint density at radius 2 is 1.93 bits per heavy atom. The van der Waals surface area contributed by atoms with Gasteiger partial charge in [0.1, 0.15) is 12.4 Å². The second-order valence-electron chi connectivity index (χ2n) is 9.93. The van der Waals surface area contributed by atoms with Gasteiger partial charge in [-0.15, -0.1) is 5.10 Å². The SMILES string of the molecule is CC(=O)N1CCC(C)(C[C@H](NC(=O)/C=C/c2cc(Cl)ccc2-n2cnnn2)C(=O)Nc2ccc(C(=O)O)cc2)C1. The third kappa shape index (κ3) is 7.08. The van der Waals surface area contributed by atoms with Gasteiger partial charge in [0.15, 0.2) is 0 Å². The Kier molecular flexibility index (Phi) is 8.58. The molecule has 0 saturated carbocycles. The molecule has 4 rings (SSSR count). The number of carbonyl (C=O) groups is 4. The lowest BCUT2D eigenvalue weighted by atomic mass is 9.82. The number of carboxylic acids is 1. The lowest BCUT2D eigenvalue weighted by molar-refractivity contribution is -0.128. The number of carboxylic acid groups (broad SMARTS) is 1. The fourth-order valence-corrected chi connectivity index (χ4v) is 4.79. The fourth-order valence-electron chi connectivity index (χ4n) is 4.61. The first kappa shape index (κ1) is 28.4. The molecule has 1 unspecified atom stereocenters. The van der Waals surface area contributed by atoms with Crippen molar-refractivity contribution in [1.82, 2.24) is 30.4 Å². The van der Waals surface area contributed by atoms with Crippen molar-refractivity contribution < 1.29 is 24.3 Å². The van der Waals surface area contributed by atoms with Crippen molar-refractivity contribution in [3.05, 3.63) is 71.0 Å². The van der Waals surface area contributed by atoms with Crippen LogP contribution in [0.2, 0.25) is 5.02 Å². The second kappa shape index (κ2) is 12.1. The standard InChI is InChI=1S/C27H28ClN7O5/c1-17(36)34-12-11-27(2,15-34)14-22(25(38)30-21-7-3-18(4-8-21)26(39)40)31-24(37)10-5-19-13-20(28)6-9-23(19)35-16-29-32-33-35/h3-10,13,16,22H,11-12,14-15H2,1-2H3,(H,30,38)(H,31,37)(H,39,40)/b10-5+/t22-,27?/m0/s1. The smallest absolute Gasteiger partial charge is 0.335 e. The molecule has 0 aliphatic carbocycles. The van der Waals surface area contributed by atoms with Crippen LogP contribution >= 0.6 is 11.6 Å². The van der Waals surface area contributed by atoms with Gasteiger partial charge in [-0.25, -0.2) is 4.79 Å². The number of aromatic carboxylic acids is 1. The maximum atomic E-state index is 13.4. The van der Waals surface area contributed by atoms with Crippen LogP contribution in [0.1, 0.15) is 42.6 Å². The zero-order chi connectivity index (χ0) is 28.9. The predicted octanol–water partition coefficient (Wildman–Crippen LogP) is 2.80. The lowest BCUT2D eigenvalue weighted by Gasteiger charge is -2.29. The summed E-state index contributed by atoms with van der Waals surface area (Å²) < 4.78 is 1.43. The molecule has 2 heterocycles. The van der Waals surface area contributed by atoms with Crippen LogP contribution in [0.3, 0.4) is 0 Å². The van der Waals surface area contributed by atoms with Gasteiger partial charge in [-0.3, -0.25) is 14.4 Å². The van der Waals surface area contributed by atoms with Crippen LogP contribution < -0.4 is 10.6 Å². The average Bonchev–Trinajstić information content (AvgIpc) is 3.58. The first-order valence-electron chi connectivity index (χ1n) is 12.4. The number of nitrogens with zero attached hydrogens (tertiary/aromatic N) is 5. The third-order valence-electron chi connectivity index (χ3n) is 6.73. The van der Waals surface area contributed by atoms with Crippen LogP contribution in [-0.4, -0.2) is 73.0 Å². The molecule has 2 aromatic carbocycles. The first-order valence-corrected chi connectivity index (χ1v) is 12.8. The van der Waals surface area contributed by atoms with Crippen LogP contribution in [0, 0.1) is 5.41 Å². The number of tetrazole rings is 1. The van der Waals surface area contributed by atoms with E-state index in [2.05, 4.69) is 26.2 Å². The van der Waals surface area contributed by atoms with E-state index in [0.717, 1.165) is 0 Å². The summed E-state index contributed by atoms with van der Waals surface area (Å²) in [5.74, 6) is -2.12. The summed E-state index contributed by atoms with van der Waals surface area (Å²) in [6, 6.07) is 9.82. The van der Waals surface area contributed by atoms with Gasteiger partial charge in [0.2, 0.25) is 17.7 Å². The molecule has 0 bridgehead atoms. The minimum absolute atomic E-state index is 0.0462. The number of hydrogen-bond acceptors (Lipinski definition) is 7. The topological polar surface area (TPSA) is 159 Å². The maximum absolute atomic E-state index is 13.4. The van der Waals surface area contributed by atoms with E-state index in [1.54, 1.807) is 29.2 Å². The normalized spacial score (nSPS) is 17.5. The number of amides is 3. The predicted molar refractivity (Wildman–Crippen MR) is 147 cm³/mol. The van der Waals surface area contributed by atoms with Crippen LogP contribution in [0.4, 0.5) is 5.69 Å². The van der Waals surface area contributed by atoms with Crippen molar-refractivity contribution in [2.45, 2.75) is 32.7 Å². The Morgan fingerprint density at radius 1 is 1.18 bits per heavy atom. The van der Waals surface area contributed by atoms with Gasteiger partial charge < -0.3 is 20.6 Å². The van der Waals surface area contributed by atoms with Crippen LogP contribution in [0.5, 0.6) is 0 Å². The van der Waals surface area contributed by atoms with Crippen molar-refractivity contribution in [2.75, 3.05) is 18.4 Å². The molecule has 3 aromatic rings. The van der Waals surface area contributed by atoms with Gasteiger partial charge in [-0.2, -0.15) is 4.68 Å². The summed E-state index contributed by atoms with van der Waals surface area (Å²) in [5, 5.41) is 26.3. The fraction of sp³-hybridized carbons (Fsp3) is 0.296. The van der Waals surface area contributed by atoms with Crippen LogP contribution in [0.15, 0.2) is 54.9 Å². The van der Waals surface area contributed by atoms with E-state index in [-0.39, 0.29) is 17.9 Å². The average molecular weight is 566 g/mol. The molecule has 1 aliphatic rings. The largest absolute Gasteiger partial charge is 0.478 e. The highest BCUT2D eigenvalue weighted by molar-refractivity contribution is 6.30. The van der Waals surface area contributed by atoms with E-state index >= 15 is 0 Å². The Morgan fingerprint density at radius 3 is 2.55 bits per heavy atom. The molecule has 1 aliphatic heterocycles. The molecule has 12 nitrogen and oxygen atoms in total. The number of nitrogens with one attached hydrogen (secondary N) is 2. The molecule has 0 spiro atoms. The molecule has 2 atom stereocenters. The second-order valence-corrected chi connectivity index (χ2v) is 10.4. The molecule has 40 heavy (non-hydrogen) atoms. The van der Waals surface area contributed by atoms with Crippen molar-refractivity contribution in [1.29, 1.82) is 0 Å². The van der Waals surface area contributed by atoms with Crippen molar-refractivity contribution >= 4 is 47.1 Å². The zero-order valence-corrected chi connectivity index (χ0v) is 22.6. The quantitative estimate of drug-likeness (QED) is 0.334. The van der Waals surface area contributed by atoms with Crippen molar-refractivity contribution in [3.8, 4) is 5.69 Å². The number of carbonyl (C=O) groups excluding carboxylic acids is 3. The van der Waals surface area contributed by atoms with Gasteiger partial charge in [-0.05, 0) is 77.2 Å². The number of aromatic nitrogens is 4. The van der Waals surface area contributed by atoms with E-state index in [9.17, 15) is 19.2 Å². The summed E-state index contributed by atoms with van der Waals surface area (Å²) in [6.45, 7) is 4.51. The Bertz CT molecular complexity index is 1440.